The summed E-state index contributed by atoms with van der Waals surface area (Å²) in [5.74, 6) is 0.858. The van der Waals surface area contributed by atoms with Crippen LogP contribution in [0.25, 0.3) is 0 Å². The third-order valence-electron chi connectivity index (χ3n) is 4.00. The van der Waals surface area contributed by atoms with Crippen LogP contribution in [0.1, 0.15) is 39.2 Å². The number of rotatable bonds is 5. The Bertz CT molecular complexity index is 504. The fourth-order valence-corrected chi connectivity index (χ4v) is 2.34. The lowest BCUT2D eigenvalue weighted by Crippen LogP contribution is -2.50. The van der Waals surface area contributed by atoms with E-state index in [1.165, 1.54) is 0 Å². The molecule has 2 N–H and O–H groups in total. The summed E-state index contributed by atoms with van der Waals surface area (Å²) in [6.45, 7) is 6.58. The van der Waals surface area contributed by atoms with E-state index in [4.69, 9.17) is 10.5 Å². The quantitative estimate of drug-likeness (QED) is 0.906. The summed E-state index contributed by atoms with van der Waals surface area (Å²) in [7, 11) is 1.66. The van der Waals surface area contributed by atoms with Gasteiger partial charge in [-0.2, -0.15) is 0 Å². The zero-order chi connectivity index (χ0) is 15.6. The maximum atomic E-state index is 12.7. The Morgan fingerprint density at radius 2 is 2.00 bits per heavy atom. The van der Waals surface area contributed by atoms with Crippen LogP contribution in [0.15, 0.2) is 24.3 Å². The zero-order valence-corrected chi connectivity index (χ0v) is 13.4. The summed E-state index contributed by atoms with van der Waals surface area (Å²) in [5, 5.41) is 0. The van der Waals surface area contributed by atoms with Crippen LogP contribution < -0.4 is 10.5 Å². The van der Waals surface area contributed by atoms with Crippen LogP contribution in [0.5, 0.6) is 5.75 Å². The van der Waals surface area contributed by atoms with Crippen LogP contribution >= 0.6 is 0 Å². The summed E-state index contributed by atoms with van der Waals surface area (Å²) in [6.07, 6.45) is 2.13. The maximum absolute atomic E-state index is 12.7. The molecule has 1 aromatic rings. The van der Waals surface area contributed by atoms with E-state index >= 15 is 0 Å². The van der Waals surface area contributed by atoms with Crippen molar-refractivity contribution in [3.05, 3.63) is 29.8 Å². The second-order valence-electron chi connectivity index (χ2n) is 6.85. The number of hydrogen-bond acceptors (Lipinski definition) is 3. The third-order valence-corrected chi connectivity index (χ3v) is 4.00. The summed E-state index contributed by atoms with van der Waals surface area (Å²) in [4.78, 5) is 14.7. The molecule has 0 bridgehead atoms. The second-order valence-corrected chi connectivity index (χ2v) is 6.85. The average molecular weight is 290 g/mol. The molecule has 0 heterocycles. The largest absolute Gasteiger partial charge is 0.496 e. The first-order valence-electron chi connectivity index (χ1n) is 7.52. The molecule has 1 fully saturated rings. The van der Waals surface area contributed by atoms with Crippen molar-refractivity contribution in [3.8, 4) is 5.75 Å². The van der Waals surface area contributed by atoms with E-state index in [9.17, 15) is 4.79 Å². The van der Waals surface area contributed by atoms with Crippen molar-refractivity contribution >= 4 is 5.91 Å². The first-order chi connectivity index (χ1) is 9.84. The molecule has 0 aromatic heterocycles. The molecular formula is C17H26N2O2. The third kappa shape index (κ3) is 3.76. The van der Waals surface area contributed by atoms with E-state index in [1.807, 2.05) is 49.9 Å². The fraction of sp³-hybridized carbons (Fsp3) is 0.588. The summed E-state index contributed by atoms with van der Waals surface area (Å²) in [6, 6.07) is 7.69. The SMILES string of the molecule is COc1ccccc1CN(C(=O)[C@H](N)C(C)(C)C)C1CC1. The highest BCUT2D eigenvalue weighted by Gasteiger charge is 2.38. The van der Waals surface area contributed by atoms with Crippen molar-refractivity contribution in [1.82, 2.24) is 4.90 Å². The predicted molar refractivity (Wildman–Crippen MR) is 84.0 cm³/mol. The van der Waals surface area contributed by atoms with Gasteiger partial charge in [0.2, 0.25) is 5.91 Å². The molecule has 1 aliphatic carbocycles. The van der Waals surface area contributed by atoms with Crippen LogP contribution in [0.4, 0.5) is 0 Å². The molecule has 1 atom stereocenters. The van der Waals surface area contributed by atoms with Gasteiger partial charge in [-0.3, -0.25) is 4.79 Å². The van der Waals surface area contributed by atoms with Gasteiger partial charge in [0.1, 0.15) is 5.75 Å². The number of carbonyl (C=O) groups excluding carboxylic acids is 1. The minimum Gasteiger partial charge on any atom is -0.496 e. The molecule has 116 valence electrons. The maximum Gasteiger partial charge on any atom is 0.240 e. The molecule has 4 nitrogen and oxygen atoms in total. The number of nitrogens with zero attached hydrogens (tertiary/aromatic N) is 1. The van der Waals surface area contributed by atoms with E-state index in [2.05, 4.69) is 0 Å². The number of hydrogen-bond donors (Lipinski definition) is 1. The van der Waals surface area contributed by atoms with Crippen LogP contribution in [0.3, 0.4) is 0 Å². The molecule has 0 radical (unpaired) electrons. The molecule has 2 rings (SSSR count). The normalized spacial score (nSPS) is 16.4. The van der Waals surface area contributed by atoms with Gasteiger partial charge in [0, 0.05) is 18.2 Å². The Kier molecular flexibility index (Phi) is 4.57. The predicted octanol–water partition coefficient (Wildman–Crippen LogP) is 2.56. The second kappa shape index (κ2) is 6.06. The van der Waals surface area contributed by atoms with Crippen molar-refractivity contribution in [1.29, 1.82) is 0 Å². The van der Waals surface area contributed by atoms with Crippen LogP contribution in [0, 0.1) is 5.41 Å². The number of amides is 1. The molecule has 0 aliphatic heterocycles. The first-order valence-corrected chi connectivity index (χ1v) is 7.52. The molecule has 1 amide bonds. The smallest absolute Gasteiger partial charge is 0.240 e. The Hall–Kier alpha value is -1.55. The van der Waals surface area contributed by atoms with E-state index in [0.717, 1.165) is 24.2 Å². The first kappa shape index (κ1) is 15.8. The topological polar surface area (TPSA) is 55.6 Å². The van der Waals surface area contributed by atoms with Gasteiger partial charge in [0.25, 0.3) is 0 Å². The molecule has 0 unspecified atom stereocenters. The summed E-state index contributed by atoms with van der Waals surface area (Å²) in [5.41, 5.74) is 6.96. The molecule has 21 heavy (non-hydrogen) atoms. The molecule has 1 aliphatic rings. The number of para-hydroxylation sites is 1. The molecule has 0 saturated heterocycles. The van der Waals surface area contributed by atoms with Crippen LogP contribution in [-0.4, -0.2) is 30.0 Å². The van der Waals surface area contributed by atoms with Gasteiger partial charge in [-0.1, -0.05) is 39.0 Å². The lowest BCUT2D eigenvalue weighted by molar-refractivity contribution is -0.136. The Morgan fingerprint density at radius 1 is 1.38 bits per heavy atom. The summed E-state index contributed by atoms with van der Waals surface area (Å²) < 4.78 is 5.38. The molecular weight excluding hydrogens is 264 g/mol. The monoisotopic (exact) mass is 290 g/mol. The van der Waals surface area contributed by atoms with E-state index in [-0.39, 0.29) is 11.3 Å². The number of nitrogens with two attached hydrogens (primary N) is 1. The van der Waals surface area contributed by atoms with Crippen molar-refractivity contribution in [2.75, 3.05) is 7.11 Å². The van der Waals surface area contributed by atoms with Crippen molar-refractivity contribution in [2.45, 2.75) is 52.2 Å². The van der Waals surface area contributed by atoms with Crippen molar-refractivity contribution in [3.63, 3.8) is 0 Å². The van der Waals surface area contributed by atoms with Crippen LogP contribution in [0.2, 0.25) is 0 Å². The van der Waals surface area contributed by atoms with E-state index in [1.54, 1.807) is 7.11 Å². The Morgan fingerprint density at radius 3 is 2.52 bits per heavy atom. The van der Waals surface area contributed by atoms with Crippen molar-refractivity contribution in [2.24, 2.45) is 11.1 Å². The number of methoxy groups -OCH3 is 1. The van der Waals surface area contributed by atoms with Gasteiger partial charge < -0.3 is 15.4 Å². The molecule has 0 spiro atoms. The number of benzene rings is 1. The highest BCUT2D eigenvalue weighted by atomic mass is 16.5. The lowest BCUT2D eigenvalue weighted by Gasteiger charge is -2.32. The van der Waals surface area contributed by atoms with Gasteiger partial charge in [-0.15, -0.1) is 0 Å². The zero-order valence-electron chi connectivity index (χ0n) is 13.4. The van der Waals surface area contributed by atoms with Gasteiger partial charge in [0.05, 0.1) is 13.2 Å². The van der Waals surface area contributed by atoms with Gasteiger partial charge in [0.15, 0.2) is 0 Å². The fourth-order valence-electron chi connectivity index (χ4n) is 2.34. The highest BCUT2D eigenvalue weighted by Crippen LogP contribution is 2.32. The van der Waals surface area contributed by atoms with Gasteiger partial charge in [-0.25, -0.2) is 0 Å². The standard InChI is InChI=1S/C17H26N2O2/c1-17(2,3)15(18)16(20)19(13-9-10-13)11-12-7-5-6-8-14(12)21-4/h5-8,13,15H,9-11,18H2,1-4H3/t15-/m0/s1. The van der Waals surface area contributed by atoms with Crippen molar-refractivity contribution < 1.29 is 9.53 Å². The average Bonchev–Trinajstić information content (AvgIpc) is 3.27. The minimum atomic E-state index is -0.479. The summed E-state index contributed by atoms with van der Waals surface area (Å²) >= 11 is 0. The van der Waals surface area contributed by atoms with Gasteiger partial charge >= 0.3 is 0 Å². The lowest BCUT2D eigenvalue weighted by atomic mass is 9.86. The molecule has 1 aromatic carbocycles. The molecule has 4 heteroatoms. The highest BCUT2D eigenvalue weighted by molar-refractivity contribution is 5.83. The Balaban J connectivity index is 2.18. The van der Waals surface area contributed by atoms with E-state index < -0.39 is 6.04 Å². The van der Waals surface area contributed by atoms with Crippen LogP contribution in [-0.2, 0) is 11.3 Å². The number of carbonyl (C=O) groups is 1. The number of ether oxygens (including phenoxy) is 1. The molecule has 1 saturated carbocycles. The minimum absolute atomic E-state index is 0.0379. The van der Waals surface area contributed by atoms with Gasteiger partial charge in [-0.05, 0) is 24.3 Å². The Labute approximate surface area is 127 Å². The van der Waals surface area contributed by atoms with E-state index in [0.29, 0.717) is 12.6 Å².